The molecule has 6 heteroatoms. The van der Waals surface area contributed by atoms with Gasteiger partial charge < -0.3 is 20.1 Å². The number of nitrogens with zero attached hydrogens (tertiary/aromatic N) is 1. The summed E-state index contributed by atoms with van der Waals surface area (Å²) in [5.41, 5.74) is 1.25. The van der Waals surface area contributed by atoms with Gasteiger partial charge in [0.05, 0.1) is 6.61 Å². The fourth-order valence-electron chi connectivity index (χ4n) is 2.39. The first-order valence-electron chi connectivity index (χ1n) is 9.49. The van der Waals surface area contributed by atoms with E-state index in [1.54, 1.807) is 7.05 Å². The van der Waals surface area contributed by atoms with Crippen LogP contribution in [0.5, 0.6) is 5.75 Å². The topological polar surface area (TPSA) is 54.9 Å². The van der Waals surface area contributed by atoms with E-state index in [2.05, 4.69) is 34.7 Å². The number of ether oxygens (including phenoxy) is 2. The molecule has 0 unspecified atom stereocenters. The molecule has 1 aliphatic carbocycles. The van der Waals surface area contributed by atoms with Crippen molar-refractivity contribution >= 4 is 29.9 Å². The Morgan fingerprint density at radius 1 is 1.04 bits per heavy atom. The van der Waals surface area contributed by atoms with E-state index in [4.69, 9.17) is 9.47 Å². The van der Waals surface area contributed by atoms with Crippen molar-refractivity contribution in [3.63, 3.8) is 0 Å². The molecule has 1 saturated carbocycles. The standard InChI is InChI=1S/C20H33N3O2.HI/c1-17-6-10-19(11-7-17)25-15-4-3-12-22-20(21-2)23-13-5-14-24-16-18-8-9-18;/h6-7,10-11,18H,3-5,8-9,12-16H2,1-2H3,(H2,21,22,23);1H. The maximum Gasteiger partial charge on any atom is 0.190 e. The van der Waals surface area contributed by atoms with Crippen LogP contribution < -0.4 is 15.4 Å². The van der Waals surface area contributed by atoms with Crippen molar-refractivity contribution in [3.05, 3.63) is 29.8 Å². The third-order valence-corrected chi connectivity index (χ3v) is 4.19. The maximum absolute atomic E-state index is 5.73. The molecule has 1 aromatic carbocycles. The van der Waals surface area contributed by atoms with Crippen molar-refractivity contribution in [3.8, 4) is 5.75 Å². The van der Waals surface area contributed by atoms with Crippen molar-refractivity contribution in [1.29, 1.82) is 0 Å². The number of halogens is 1. The van der Waals surface area contributed by atoms with Crippen molar-refractivity contribution in [1.82, 2.24) is 10.6 Å². The zero-order chi connectivity index (χ0) is 17.7. The minimum absolute atomic E-state index is 0. The minimum Gasteiger partial charge on any atom is -0.494 e. The highest BCUT2D eigenvalue weighted by Gasteiger charge is 2.20. The second-order valence-corrected chi connectivity index (χ2v) is 6.67. The molecule has 0 aromatic heterocycles. The molecule has 148 valence electrons. The Labute approximate surface area is 175 Å². The first-order valence-corrected chi connectivity index (χ1v) is 9.49. The van der Waals surface area contributed by atoms with Gasteiger partial charge in [-0.1, -0.05) is 17.7 Å². The van der Waals surface area contributed by atoms with Gasteiger partial charge in [-0.25, -0.2) is 0 Å². The SMILES string of the molecule is CN=C(NCCCCOc1ccc(C)cc1)NCCCOCC1CC1.I. The van der Waals surface area contributed by atoms with Crippen LogP contribution >= 0.6 is 24.0 Å². The number of benzene rings is 1. The smallest absolute Gasteiger partial charge is 0.190 e. The number of aliphatic imine (C=N–C) groups is 1. The zero-order valence-electron chi connectivity index (χ0n) is 16.1. The van der Waals surface area contributed by atoms with E-state index in [0.717, 1.165) is 69.8 Å². The minimum atomic E-state index is 0. The number of nitrogens with one attached hydrogen (secondary N) is 2. The molecule has 0 heterocycles. The summed E-state index contributed by atoms with van der Waals surface area (Å²) in [6, 6.07) is 8.19. The highest BCUT2D eigenvalue weighted by molar-refractivity contribution is 14.0. The number of guanidine groups is 1. The van der Waals surface area contributed by atoms with Gasteiger partial charge in [-0.15, -0.1) is 24.0 Å². The van der Waals surface area contributed by atoms with Gasteiger partial charge in [-0.2, -0.15) is 0 Å². The monoisotopic (exact) mass is 475 g/mol. The molecule has 1 aromatic rings. The van der Waals surface area contributed by atoms with Gasteiger partial charge in [0.1, 0.15) is 5.75 Å². The number of aryl methyl sites for hydroxylation is 1. The molecular formula is C20H34IN3O2. The van der Waals surface area contributed by atoms with Crippen LogP contribution in [0.2, 0.25) is 0 Å². The van der Waals surface area contributed by atoms with Crippen LogP contribution in [0.15, 0.2) is 29.3 Å². The van der Waals surface area contributed by atoms with Gasteiger partial charge in [0, 0.05) is 33.4 Å². The van der Waals surface area contributed by atoms with Gasteiger partial charge in [0.25, 0.3) is 0 Å². The van der Waals surface area contributed by atoms with Crippen LogP contribution in [0.1, 0.15) is 37.7 Å². The average Bonchev–Trinajstić information content (AvgIpc) is 3.45. The summed E-state index contributed by atoms with van der Waals surface area (Å²) in [5.74, 6) is 2.65. The van der Waals surface area contributed by atoms with Gasteiger partial charge in [-0.3, -0.25) is 4.99 Å². The van der Waals surface area contributed by atoms with Crippen molar-refractivity contribution in [2.24, 2.45) is 10.9 Å². The van der Waals surface area contributed by atoms with Crippen molar-refractivity contribution < 1.29 is 9.47 Å². The lowest BCUT2D eigenvalue weighted by atomic mass is 10.2. The Bertz CT molecular complexity index is 504. The molecule has 26 heavy (non-hydrogen) atoms. The van der Waals surface area contributed by atoms with Gasteiger partial charge in [0.2, 0.25) is 0 Å². The Kier molecular flexibility index (Phi) is 12.5. The lowest BCUT2D eigenvalue weighted by Gasteiger charge is -2.12. The molecular weight excluding hydrogens is 441 g/mol. The van der Waals surface area contributed by atoms with E-state index in [1.807, 2.05) is 12.1 Å². The molecule has 1 fully saturated rings. The molecule has 5 nitrogen and oxygen atoms in total. The lowest BCUT2D eigenvalue weighted by Crippen LogP contribution is -2.38. The summed E-state index contributed by atoms with van der Waals surface area (Å²) < 4.78 is 11.4. The van der Waals surface area contributed by atoms with Crippen LogP contribution in [-0.2, 0) is 4.74 Å². The van der Waals surface area contributed by atoms with E-state index in [0.29, 0.717) is 0 Å². The number of hydrogen-bond donors (Lipinski definition) is 2. The maximum atomic E-state index is 5.73. The first-order chi connectivity index (χ1) is 12.3. The van der Waals surface area contributed by atoms with Gasteiger partial charge in [-0.05, 0) is 57.1 Å². The lowest BCUT2D eigenvalue weighted by molar-refractivity contribution is 0.123. The molecule has 0 radical (unpaired) electrons. The molecule has 0 amide bonds. The van der Waals surface area contributed by atoms with Crippen molar-refractivity contribution in [2.75, 3.05) is 40.0 Å². The molecule has 0 spiro atoms. The third-order valence-electron chi connectivity index (χ3n) is 4.19. The van der Waals surface area contributed by atoms with E-state index >= 15 is 0 Å². The largest absolute Gasteiger partial charge is 0.494 e. The van der Waals surface area contributed by atoms with Crippen LogP contribution in [-0.4, -0.2) is 45.9 Å². The molecule has 2 N–H and O–H groups in total. The molecule has 1 aliphatic rings. The molecule has 2 rings (SSSR count). The van der Waals surface area contributed by atoms with Gasteiger partial charge in [0.15, 0.2) is 5.96 Å². The fraction of sp³-hybridized carbons (Fsp3) is 0.650. The highest BCUT2D eigenvalue weighted by Crippen LogP contribution is 2.28. The van der Waals surface area contributed by atoms with E-state index in [-0.39, 0.29) is 24.0 Å². The summed E-state index contributed by atoms with van der Waals surface area (Å²) in [4.78, 5) is 4.24. The molecule has 0 bridgehead atoms. The summed E-state index contributed by atoms with van der Waals surface area (Å²) >= 11 is 0. The second kappa shape index (κ2) is 14.1. The van der Waals surface area contributed by atoms with Crippen molar-refractivity contribution in [2.45, 2.75) is 39.0 Å². The Hall–Kier alpha value is -1.02. The Morgan fingerprint density at radius 3 is 2.38 bits per heavy atom. The Balaban J connectivity index is 0.00000338. The third kappa shape index (κ3) is 10.9. The number of hydrogen-bond acceptors (Lipinski definition) is 3. The Morgan fingerprint density at radius 2 is 1.73 bits per heavy atom. The average molecular weight is 475 g/mol. The van der Waals surface area contributed by atoms with E-state index in [1.165, 1.54) is 18.4 Å². The quantitative estimate of drug-likeness (QED) is 0.209. The van der Waals surface area contributed by atoms with Crippen LogP contribution in [0.3, 0.4) is 0 Å². The van der Waals surface area contributed by atoms with Crippen LogP contribution in [0.4, 0.5) is 0 Å². The fourth-order valence-corrected chi connectivity index (χ4v) is 2.39. The highest BCUT2D eigenvalue weighted by atomic mass is 127. The van der Waals surface area contributed by atoms with Crippen LogP contribution in [0, 0.1) is 12.8 Å². The predicted octanol–water partition coefficient (Wildman–Crippen LogP) is 3.75. The normalized spacial score (nSPS) is 13.8. The predicted molar refractivity (Wildman–Crippen MR) is 119 cm³/mol. The number of rotatable bonds is 12. The second-order valence-electron chi connectivity index (χ2n) is 6.67. The van der Waals surface area contributed by atoms with E-state index < -0.39 is 0 Å². The summed E-state index contributed by atoms with van der Waals surface area (Å²) in [7, 11) is 1.80. The summed E-state index contributed by atoms with van der Waals surface area (Å²) in [6.45, 7) is 6.39. The van der Waals surface area contributed by atoms with Crippen LogP contribution in [0.25, 0.3) is 0 Å². The van der Waals surface area contributed by atoms with E-state index in [9.17, 15) is 0 Å². The zero-order valence-corrected chi connectivity index (χ0v) is 18.5. The molecule has 0 aliphatic heterocycles. The molecule has 0 saturated heterocycles. The van der Waals surface area contributed by atoms with Gasteiger partial charge >= 0.3 is 0 Å². The molecule has 0 atom stereocenters. The first kappa shape index (κ1) is 23.0. The summed E-state index contributed by atoms with van der Waals surface area (Å²) in [6.07, 6.45) is 5.79. The summed E-state index contributed by atoms with van der Waals surface area (Å²) in [5, 5.41) is 6.66. The number of unbranched alkanes of at least 4 members (excludes halogenated alkanes) is 1.